The Morgan fingerprint density at radius 2 is 2.29 bits per heavy atom. The van der Waals surface area contributed by atoms with Crippen LogP contribution < -0.4 is 5.32 Å². The molecule has 2 rings (SSSR count). The van der Waals surface area contributed by atoms with Gasteiger partial charge in [0.1, 0.15) is 11.8 Å². The molecule has 90 valence electrons. The van der Waals surface area contributed by atoms with E-state index in [9.17, 15) is 0 Å². The van der Waals surface area contributed by atoms with E-state index in [1.165, 1.54) is 0 Å². The van der Waals surface area contributed by atoms with Gasteiger partial charge in [-0.15, -0.1) is 0 Å². The zero-order valence-electron chi connectivity index (χ0n) is 9.69. The molecule has 0 spiro atoms. The van der Waals surface area contributed by atoms with Gasteiger partial charge in [-0.3, -0.25) is 4.98 Å². The maximum Gasteiger partial charge on any atom is 0.126 e. The molecule has 0 saturated heterocycles. The Balaban J connectivity index is 2.30. The molecule has 2 heterocycles. The van der Waals surface area contributed by atoms with E-state index < -0.39 is 0 Å². The van der Waals surface area contributed by atoms with Crippen molar-refractivity contribution in [2.75, 3.05) is 6.54 Å². The maximum absolute atomic E-state index is 6.17. The van der Waals surface area contributed by atoms with Crippen LogP contribution >= 0.6 is 11.6 Å². The topological polar surface area (TPSA) is 38.1 Å². The molecule has 0 aliphatic carbocycles. The second-order valence-corrected chi connectivity index (χ2v) is 4.18. The van der Waals surface area contributed by atoms with E-state index in [2.05, 4.69) is 17.2 Å². The summed E-state index contributed by atoms with van der Waals surface area (Å²) in [6.45, 7) is 3.00. The molecule has 1 unspecified atom stereocenters. The summed E-state index contributed by atoms with van der Waals surface area (Å²) in [6, 6.07) is 7.38. The zero-order valence-corrected chi connectivity index (χ0v) is 10.4. The first-order chi connectivity index (χ1) is 8.33. The Morgan fingerprint density at radius 1 is 1.41 bits per heavy atom. The lowest BCUT2D eigenvalue weighted by Crippen LogP contribution is -2.24. The van der Waals surface area contributed by atoms with Crippen LogP contribution in [0.3, 0.4) is 0 Å². The summed E-state index contributed by atoms with van der Waals surface area (Å²) in [5.41, 5.74) is 0.803. The first kappa shape index (κ1) is 12.1. The number of hydrogen-bond donors (Lipinski definition) is 1. The average molecular weight is 251 g/mol. The molecule has 3 nitrogen and oxygen atoms in total. The van der Waals surface area contributed by atoms with Crippen molar-refractivity contribution < 1.29 is 4.42 Å². The monoisotopic (exact) mass is 250 g/mol. The van der Waals surface area contributed by atoms with E-state index in [0.29, 0.717) is 5.02 Å². The predicted octanol–water partition coefficient (Wildman–Crippen LogP) is 3.42. The van der Waals surface area contributed by atoms with Gasteiger partial charge in [0.25, 0.3) is 0 Å². The number of hydrogen-bond acceptors (Lipinski definition) is 3. The fourth-order valence-corrected chi connectivity index (χ4v) is 1.92. The van der Waals surface area contributed by atoms with E-state index >= 15 is 0 Å². The van der Waals surface area contributed by atoms with E-state index in [1.807, 2.05) is 24.3 Å². The smallest absolute Gasteiger partial charge is 0.126 e. The standard InChI is InChI=1S/C13H15ClN2O/c1-2-7-15-13(11-6-4-9-17-11)12-10(14)5-3-8-16-12/h3-6,8-9,13,15H,2,7H2,1H3. The molecule has 4 heteroatoms. The van der Waals surface area contributed by atoms with Gasteiger partial charge < -0.3 is 9.73 Å². The van der Waals surface area contributed by atoms with Crippen molar-refractivity contribution in [3.63, 3.8) is 0 Å². The number of nitrogens with zero attached hydrogens (tertiary/aromatic N) is 1. The molecule has 1 atom stereocenters. The van der Waals surface area contributed by atoms with Crippen molar-refractivity contribution in [1.82, 2.24) is 10.3 Å². The quantitative estimate of drug-likeness (QED) is 0.884. The largest absolute Gasteiger partial charge is 0.467 e. The van der Waals surface area contributed by atoms with Crippen molar-refractivity contribution in [2.24, 2.45) is 0 Å². The molecule has 0 saturated carbocycles. The lowest BCUT2D eigenvalue weighted by atomic mass is 10.1. The molecular weight excluding hydrogens is 236 g/mol. The number of aromatic nitrogens is 1. The summed E-state index contributed by atoms with van der Waals surface area (Å²) in [4.78, 5) is 4.33. The summed E-state index contributed by atoms with van der Waals surface area (Å²) in [7, 11) is 0. The normalized spacial score (nSPS) is 12.6. The minimum atomic E-state index is -0.0846. The van der Waals surface area contributed by atoms with Crippen LogP contribution in [0.4, 0.5) is 0 Å². The van der Waals surface area contributed by atoms with Crippen LogP contribution in [0.5, 0.6) is 0 Å². The minimum Gasteiger partial charge on any atom is -0.467 e. The van der Waals surface area contributed by atoms with E-state index in [-0.39, 0.29) is 6.04 Å². The number of pyridine rings is 1. The number of furan rings is 1. The fourth-order valence-electron chi connectivity index (χ4n) is 1.69. The Hall–Kier alpha value is -1.32. The molecule has 2 aromatic rings. The molecule has 0 aliphatic heterocycles. The molecule has 0 amide bonds. The van der Waals surface area contributed by atoms with Crippen LogP contribution in [-0.2, 0) is 0 Å². The predicted molar refractivity (Wildman–Crippen MR) is 68.1 cm³/mol. The number of halogens is 1. The minimum absolute atomic E-state index is 0.0846. The van der Waals surface area contributed by atoms with Gasteiger partial charge in [-0.1, -0.05) is 18.5 Å². The highest BCUT2D eigenvalue weighted by molar-refractivity contribution is 6.31. The highest BCUT2D eigenvalue weighted by Crippen LogP contribution is 2.26. The molecular formula is C13H15ClN2O. The van der Waals surface area contributed by atoms with Gasteiger partial charge >= 0.3 is 0 Å². The summed E-state index contributed by atoms with van der Waals surface area (Å²) >= 11 is 6.17. The van der Waals surface area contributed by atoms with Crippen molar-refractivity contribution >= 4 is 11.6 Å². The second-order valence-electron chi connectivity index (χ2n) is 3.77. The lowest BCUT2D eigenvalue weighted by molar-refractivity contribution is 0.442. The highest BCUT2D eigenvalue weighted by Gasteiger charge is 2.19. The van der Waals surface area contributed by atoms with Gasteiger partial charge in [-0.25, -0.2) is 0 Å². The Labute approximate surface area is 106 Å². The van der Waals surface area contributed by atoms with E-state index in [4.69, 9.17) is 16.0 Å². The third-order valence-corrected chi connectivity index (χ3v) is 2.81. The van der Waals surface area contributed by atoms with Gasteiger partial charge in [-0.2, -0.15) is 0 Å². The molecule has 0 bridgehead atoms. The van der Waals surface area contributed by atoms with Crippen LogP contribution in [0.1, 0.15) is 30.8 Å². The third kappa shape index (κ3) is 2.87. The summed E-state index contributed by atoms with van der Waals surface area (Å²) in [6.07, 6.45) is 4.44. The molecule has 1 N–H and O–H groups in total. The summed E-state index contributed by atoms with van der Waals surface area (Å²) in [5, 5.41) is 4.04. The van der Waals surface area contributed by atoms with Crippen LogP contribution in [0, 0.1) is 0 Å². The summed E-state index contributed by atoms with van der Waals surface area (Å²) < 4.78 is 5.44. The number of rotatable bonds is 5. The van der Waals surface area contributed by atoms with Crippen molar-refractivity contribution in [2.45, 2.75) is 19.4 Å². The molecule has 0 radical (unpaired) electrons. The van der Waals surface area contributed by atoms with Crippen molar-refractivity contribution in [1.29, 1.82) is 0 Å². The van der Waals surface area contributed by atoms with Gasteiger partial charge in [0.15, 0.2) is 0 Å². The second kappa shape index (κ2) is 5.84. The molecule has 0 aliphatic rings. The van der Waals surface area contributed by atoms with Gasteiger partial charge in [-0.05, 0) is 37.2 Å². The molecule has 2 aromatic heterocycles. The Kier molecular flexibility index (Phi) is 4.18. The number of nitrogens with one attached hydrogen (secondary N) is 1. The van der Waals surface area contributed by atoms with Crippen LogP contribution in [-0.4, -0.2) is 11.5 Å². The highest BCUT2D eigenvalue weighted by atomic mass is 35.5. The van der Waals surface area contributed by atoms with Crippen molar-refractivity contribution in [3.8, 4) is 0 Å². The molecule has 0 fully saturated rings. The molecule has 17 heavy (non-hydrogen) atoms. The van der Waals surface area contributed by atoms with Gasteiger partial charge in [0, 0.05) is 6.20 Å². The Bertz CT molecular complexity index is 456. The van der Waals surface area contributed by atoms with Crippen molar-refractivity contribution in [3.05, 3.63) is 53.2 Å². The summed E-state index contributed by atoms with van der Waals surface area (Å²) in [5.74, 6) is 0.832. The van der Waals surface area contributed by atoms with E-state index in [0.717, 1.165) is 24.4 Å². The Morgan fingerprint density at radius 3 is 2.94 bits per heavy atom. The first-order valence-electron chi connectivity index (χ1n) is 5.70. The van der Waals surface area contributed by atoms with Crippen LogP contribution in [0.15, 0.2) is 41.1 Å². The molecule has 0 aromatic carbocycles. The van der Waals surface area contributed by atoms with E-state index in [1.54, 1.807) is 12.5 Å². The fraction of sp³-hybridized carbons (Fsp3) is 0.308. The van der Waals surface area contributed by atoms with Gasteiger partial charge in [0.05, 0.1) is 17.0 Å². The average Bonchev–Trinajstić information content (AvgIpc) is 2.85. The van der Waals surface area contributed by atoms with Gasteiger partial charge in [0.2, 0.25) is 0 Å². The first-order valence-corrected chi connectivity index (χ1v) is 6.08. The van der Waals surface area contributed by atoms with Crippen LogP contribution in [0.2, 0.25) is 5.02 Å². The zero-order chi connectivity index (χ0) is 12.1. The maximum atomic E-state index is 6.17. The lowest BCUT2D eigenvalue weighted by Gasteiger charge is -2.16. The third-order valence-electron chi connectivity index (χ3n) is 2.49. The van der Waals surface area contributed by atoms with Crippen LogP contribution in [0.25, 0.3) is 0 Å². The SMILES string of the molecule is CCCNC(c1ccco1)c1ncccc1Cl.